The lowest BCUT2D eigenvalue weighted by atomic mass is 9.82. The van der Waals surface area contributed by atoms with Gasteiger partial charge in [0.15, 0.2) is 0 Å². The Hall–Kier alpha value is -2.17. The van der Waals surface area contributed by atoms with Crippen LogP contribution in [0.4, 0.5) is 0 Å². The number of sulfonamides is 1. The molecule has 0 heterocycles. The quantitative estimate of drug-likeness (QED) is 0.767. The molecule has 0 aliphatic heterocycles. The predicted octanol–water partition coefficient (Wildman–Crippen LogP) is 1.84. The summed E-state index contributed by atoms with van der Waals surface area (Å²) in [4.78, 5) is 12.6. The number of carbonyl (C=O) groups excluding carboxylic acids is 1. The van der Waals surface area contributed by atoms with Crippen LogP contribution in [0.2, 0.25) is 0 Å². The van der Waals surface area contributed by atoms with Gasteiger partial charge in [-0.25, -0.2) is 8.42 Å². The molecular formula is C17H21N3O3S. The Morgan fingerprint density at radius 1 is 1.33 bits per heavy atom. The van der Waals surface area contributed by atoms with E-state index < -0.39 is 15.6 Å². The van der Waals surface area contributed by atoms with Gasteiger partial charge in [0.2, 0.25) is 15.9 Å². The number of amides is 1. The Balaban J connectivity index is 2.32. The van der Waals surface area contributed by atoms with Crippen LogP contribution < -0.4 is 10.0 Å². The topological polar surface area (TPSA) is 99.1 Å². The van der Waals surface area contributed by atoms with Gasteiger partial charge in [-0.2, -0.15) is 9.98 Å². The fourth-order valence-corrected chi connectivity index (χ4v) is 4.38. The predicted molar refractivity (Wildman–Crippen MR) is 90.5 cm³/mol. The maximum Gasteiger partial charge on any atom is 0.241 e. The Morgan fingerprint density at radius 3 is 2.67 bits per heavy atom. The van der Waals surface area contributed by atoms with E-state index in [1.807, 2.05) is 6.07 Å². The van der Waals surface area contributed by atoms with E-state index in [0.29, 0.717) is 12.8 Å². The minimum atomic E-state index is -3.91. The molecule has 128 valence electrons. The number of nitriles is 1. The van der Waals surface area contributed by atoms with Gasteiger partial charge in [0.25, 0.3) is 0 Å². The molecule has 2 rings (SSSR count). The number of nitrogens with one attached hydrogen (secondary N) is 2. The van der Waals surface area contributed by atoms with Crippen LogP contribution in [-0.2, 0) is 14.8 Å². The molecule has 0 spiro atoms. The first kappa shape index (κ1) is 18.2. The second-order valence-electron chi connectivity index (χ2n) is 5.89. The molecule has 1 amide bonds. The Labute approximate surface area is 142 Å². The molecule has 0 unspecified atom stereocenters. The van der Waals surface area contributed by atoms with Crippen LogP contribution in [0.5, 0.6) is 0 Å². The third kappa shape index (κ3) is 4.02. The number of hydrogen-bond acceptors (Lipinski definition) is 4. The smallest absolute Gasteiger partial charge is 0.241 e. The lowest BCUT2D eigenvalue weighted by Gasteiger charge is -2.36. The lowest BCUT2D eigenvalue weighted by molar-refractivity contribution is -0.128. The molecule has 0 atom stereocenters. The number of hydrogen-bond donors (Lipinski definition) is 2. The molecule has 1 aliphatic rings. The average molecular weight is 347 g/mol. The highest BCUT2D eigenvalue weighted by Crippen LogP contribution is 2.30. The van der Waals surface area contributed by atoms with Gasteiger partial charge in [0.05, 0.1) is 16.5 Å². The van der Waals surface area contributed by atoms with E-state index in [0.717, 1.165) is 19.3 Å². The SMILES string of the molecule is C=CCNC(=O)C1(NS(=O)(=O)c2cccc(C#N)c2)CCCCC1. The third-order valence-electron chi connectivity index (χ3n) is 4.15. The lowest BCUT2D eigenvalue weighted by Crippen LogP contribution is -2.59. The van der Waals surface area contributed by atoms with Gasteiger partial charge in [-0.3, -0.25) is 4.79 Å². The minimum Gasteiger partial charge on any atom is -0.351 e. The molecule has 0 bridgehead atoms. The van der Waals surface area contributed by atoms with Crippen molar-refractivity contribution >= 4 is 15.9 Å². The average Bonchev–Trinajstić information content (AvgIpc) is 2.60. The first-order valence-corrected chi connectivity index (χ1v) is 9.35. The van der Waals surface area contributed by atoms with E-state index in [9.17, 15) is 13.2 Å². The number of benzene rings is 1. The standard InChI is InChI=1S/C17H21N3O3S/c1-2-11-19-16(21)17(9-4-3-5-10-17)20-24(22,23)15-8-6-7-14(12-15)13-18/h2,6-8,12,20H,1,3-5,9-11H2,(H,19,21). The van der Waals surface area contributed by atoms with Crippen LogP contribution in [0.1, 0.15) is 37.7 Å². The van der Waals surface area contributed by atoms with E-state index in [1.165, 1.54) is 24.3 Å². The fraction of sp³-hybridized carbons (Fsp3) is 0.412. The molecule has 1 fully saturated rings. The molecule has 1 aromatic carbocycles. The molecule has 1 aromatic rings. The van der Waals surface area contributed by atoms with Crippen molar-refractivity contribution in [3.8, 4) is 6.07 Å². The van der Waals surface area contributed by atoms with Gasteiger partial charge in [-0.05, 0) is 31.0 Å². The van der Waals surface area contributed by atoms with Gasteiger partial charge >= 0.3 is 0 Å². The summed E-state index contributed by atoms with van der Waals surface area (Å²) in [5.41, 5.74) is -0.894. The number of rotatable bonds is 6. The highest BCUT2D eigenvalue weighted by Gasteiger charge is 2.42. The van der Waals surface area contributed by atoms with Crippen molar-refractivity contribution < 1.29 is 13.2 Å². The largest absolute Gasteiger partial charge is 0.351 e. The van der Waals surface area contributed by atoms with E-state index in [1.54, 1.807) is 6.08 Å². The summed E-state index contributed by atoms with van der Waals surface area (Å²) in [7, 11) is -3.91. The highest BCUT2D eigenvalue weighted by atomic mass is 32.2. The van der Waals surface area contributed by atoms with E-state index in [-0.39, 0.29) is 22.9 Å². The molecular weight excluding hydrogens is 326 g/mol. The third-order valence-corrected chi connectivity index (χ3v) is 5.69. The summed E-state index contributed by atoms with van der Waals surface area (Å²) in [6, 6.07) is 7.69. The van der Waals surface area contributed by atoms with Crippen molar-refractivity contribution in [3.63, 3.8) is 0 Å². The number of carbonyl (C=O) groups is 1. The van der Waals surface area contributed by atoms with Crippen LogP contribution in [-0.4, -0.2) is 26.4 Å². The monoisotopic (exact) mass is 347 g/mol. The van der Waals surface area contributed by atoms with Crippen molar-refractivity contribution in [2.75, 3.05) is 6.54 Å². The first-order valence-electron chi connectivity index (χ1n) is 7.87. The Kier molecular flexibility index (Phi) is 5.75. The second-order valence-corrected chi connectivity index (χ2v) is 7.57. The molecule has 0 aromatic heterocycles. The summed E-state index contributed by atoms with van der Waals surface area (Å²) in [6.45, 7) is 3.84. The van der Waals surface area contributed by atoms with Gasteiger partial charge in [-0.15, -0.1) is 6.58 Å². The zero-order chi connectivity index (χ0) is 17.6. The van der Waals surface area contributed by atoms with Crippen LogP contribution in [0.25, 0.3) is 0 Å². The maximum atomic E-state index is 12.7. The summed E-state index contributed by atoms with van der Waals surface area (Å²) in [5.74, 6) is -0.331. The van der Waals surface area contributed by atoms with Gasteiger partial charge in [-0.1, -0.05) is 31.4 Å². The Bertz CT molecular complexity index is 760. The van der Waals surface area contributed by atoms with Crippen molar-refractivity contribution in [1.82, 2.24) is 10.0 Å². The first-order chi connectivity index (χ1) is 11.4. The van der Waals surface area contributed by atoms with Crippen molar-refractivity contribution in [2.24, 2.45) is 0 Å². The Morgan fingerprint density at radius 2 is 2.04 bits per heavy atom. The van der Waals surface area contributed by atoms with Crippen LogP contribution >= 0.6 is 0 Å². The second kappa shape index (κ2) is 7.60. The summed E-state index contributed by atoms with van der Waals surface area (Å²) in [5, 5.41) is 11.6. The maximum absolute atomic E-state index is 12.7. The fourth-order valence-electron chi connectivity index (χ4n) is 2.91. The van der Waals surface area contributed by atoms with Gasteiger partial charge < -0.3 is 5.32 Å². The van der Waals surface area contributed by atoms with Crippen LogP contribution in [0.3, 0.4) is 0 Å². The molecule has 1 saturated carbocycles. The zero-order valence-corrected chi connectivity index (χ0v) is 14.2. The molecule has 2 N–H and O–H groups in total. The number of nitrogens with zero attached hydrogens (tertiary/aromatic N) is 1. The van der Waals surface area contributed by atoms with E-state index in [2.05, 4.69) is 16.6 Å². The molecule has 0 saturated heterocycles. The van der Waals surface area contributed by atoms with Gasteiger partial charge in [0, 0.05) is 6.54 Å². The van der Waals surface area contributed by atoms with Crippen molar-refractivity contribution in [2.45, 2.75) is 42.5 Å². The van der Waals surface area contributed by atoms with Gasteiger partial charge in [0.1, 0.15) is 5.54 Å². The molecule has 7 heteroatoms. The molecule has 0 radical (unpaired) electrons. The highest BCUT2D eigenvalue weighted by molar-refractivity contribution is 7.89. The van der Waals surface area contributed by atoms with Crippen LogP contribution in [0, 0.1) is 11.3 Å². The van der Waals surface area contributed by atoms with Crippen molar-refractivity contribution in [1.29, 1.82) is 5.26 Å². The van der Waals surface area contributed by atoms with E-state index in [4.69, 9.17) is 5.26 Å². The minimum absolute atomic E-state index is 0.0111. The van der Waals surface area contributed by atoms with E-state index >= 15 is 0 Å². The molecule has 6 nitrogen and oxygen atoms in total. The van der Waals surface area contributed by atoms with Crippen LogP contribution in [0.15, 0.2) is 41.8 Å². The van der Waals surface area contributed by atoms with Crippen molar-refractivity contribution in [3.05, 3.63) is 42.5 Å². The summed E-state index contributed by atoms with van der Waals surface area (Å²) in [6.07, 6.45) is 4.99. The summed E-state index contributed by atoms with van der Waals surface area (Å²) < 4.78 is 28.1. The summed E-state index contributed by atoms with van der Waals surface area (Å²) >= 11 is 0. The zero-order valence-electron chi connectivity index (χ0n) is 13.4. The molecule has 1 aliphatic carbocycles. The normalized spacial score (nSPS) is 16.8. The molecule has 24 heavy (non-hydrogen) atoms.